The third-order valence-electron chi connectivity index (χ3n) is 17.4. The zero-order valence-corrected chi connectivity index (χ0v) is 49.7. The Bertz CT molecular complexity index is 2940. The molecule has 2 aliphatic heterocycles. The van der Waals surface area contributed by atoms with E-state index in [1.54, 1.807) is 11.3 Å². The summed E-state index contributed by atoms with van der Waals surface area (Å²) in [5.74, 6) is 0.930. The molecule has 0 bridgehead atoms. The molecule has 6 atom stereocenters. The van der Waals surface area contributed by atoms with Crippen molar-refractivity contribution in [2.45, 2.75) is 181 Å². The van der Waals surface area contributed by atoms with Gasteiger partial charge in [0.15, 0.2) is 0 Å². The number of aryl methyl sites for hydroxylation is 1. The number of esters is 1. The van der Waals surface area contributed by atoms with E-state index in [2.05, 4.69) is 105 Å². The standard InChI is InChI=1S/C64H84BrN5O7S/c1-40-59(78-39-66-40)44-22-20-43(21-23-44)53(67-61(74)48-25-24-46(36-50(71)37-48)58(73)51(63(2,3)4)14-10-17-56(72)77-64(5,6)7)38-76-33-32-69-30-28-42(29-31-69)45-26-27-54-49(34-45)35-47(19-18-41-12-8-9-13-41)60-68-62(75)57-52(65)15-11-16-55(57)70(54)60/h11,15-16,20-23,26-27,34,39,41-42,46-48,50-51,53,71H,8-10,12-14,17-19,24-25,28-33,35-38H2,1-7H3,(H,67,74)/t46-,47?,48-,50-,51+,53-/m0/s1. The summed E-state index contributed by atoms with van der Waals surface area (Å²) < 4.78 is 15.1. The fraction of sp³-hybridized carbons (Fsp3) is 0.594. The summed E-state index contributed by atoms with van der Waals surface area (Å²) in [5, 5.41) is 15.4. The highest BCUT2D eigenvalue weighted by molar-refractivity contribution is 9.10. The number of ketones is 1. The number of likely N-dealkylation sites (tertiary alicyclic amines) is 1. The second kappa shape index (κ2) is 25.5. The number of ether oxygens (including phenoxy) is 2. The molecule has 12 nitrogen and oxygen atoms in total. The number of nitrogens with one attached hydrogen (secondary N) is 1. The lowest BCUT2D eigenvalue weighted by Gasteiger charge is -2.34. The SMILES string of the molecule is Cc1ncsc1-c1ccc([C@H](COCCN2CCC(c3ccc4c(c3)CC(CCC3CCCC3)c3nc(=O)c5c(Br)cccc5n3-4)CC2)NC(=O)[C@H]2CC[C@H](C(=O)[C@@H](CCCC(=O)OC(C)(C)C)C(C)(C)C)C[C@H](O)C2)cc1. The van der Waals surface area contributed by atoms with Gasteiger partial charge >= 0.3 is 5.97 Å². The van der Waals surface area contributed by atoms with Crippen molar-refractivity contribution in [3.8, 4) is 16.1 Å². The van der Waals surface area contributed by atoms with Crippen LogP contribution in [-0.4, -0.2) is 86.8 Å². The highest BCUT2D eigenvalue weighted by Crippen LogP contribution is 2.42. The minimum atomic E-state index is -0.789. The molecule has 0 radical (unpaired) electrons. The number of piperidine rings is 1. The number of carbonyl (C=O) groups is 3. The minimum absolute atomic E-state index is 0.114. The van der Waals surface area contributed by atoms with Gasteiger partial charge in [0.2, 0.25) is 5.91 Å². The molecule has 1 amide bonds. The van der Waals surface area contributed by atoms with Crippen LogP contribution in [0.3, 0.4) is 0 Å². The van der Waals surface area contributed by atoms with Crippen LogP contribution in [0.25, 0.3) is 27.0 Å². The molecule has 3 fully saturated rings. The smallest absolute Gasteiger partial charge is 0.306 e. The number of benzene rings is 3. The molecular weight excluding hydrogens is 1060 g/mol. The van der Waals surface area contributed by atoms with Gasteiger partial charge in [-0.15, -0.1) is 11.3 Å². The van der Waals surface area contributed by atoms with Gasteiger partial charge in [0.05, 0.1) is 58.0 Å². The molecule has 4 aliphatic rings. The van der Waals surface area contributed by atoms with Crippen LogP contribution in [0, 0.1) is 36.0 Å². The highest BCUT2D eigenvalue weighted by Gasteiger charge is 2.39. The fourth-order valence-electron chi connectivity index (χ4n) is 13.2. The van der Waals surface area contributed by atoms with Crippen LogP contribution in [-0.2, 0) is 30.3 Å². The van der Waals surface area contributed by atoms with Crippen molar-refractivity contribution in [2.75, 3.05) is 32.8 Å². The lowest BCUT2D eigenvalue weighted by atomic mass is 9.71. The van der Waals surface area contributed by atoms with Gasteiger partial charge in [0.1, 0.15) is 17.2 Å². The normalized spacial score (nSPS) is 21.4. The molecular formula is C64H84BrN5O7S. The number of hydrogen-bond acceptors (Lipinski definition) is 11. The van der Waals surface area contributed by atoms with E-state index in [9.17, 15) is 24.3 Å². The van der Waals surface area contributed by atoms with Crippen molar-refractivity contribution >= 4 is 55.8 Å². The van der Waals surface area contributed by atoms with Gasteiger partial charge in [0, 0.05) is 41.1 Å². The first-order chi connectivity index (χ1) is 37.3. The van der Waals surface area contributed by atoms with Gasteiger partial charge in [-0.25, -0.2) is 4.98 Å². The monoisotopic (exact) mass is 1150 g/mol. The fourth-order valence-corrected chi connectivity index (χ4v) is 14.5. The number of aromatic nitrogens is 3. The number of nitrogens with zero attached hydrogens (tertiary/aromatic N) is 4. The van der Waals surface area contributed by atoms with E-state index in [0.717, 1.165) is 94.4 Å². The molecule has 78 heavy (non-hydrogen) atoms. The summed E-state index contributed by atoms with van der Waals surface area (Å²) in [6.45, 7) is 17.3. The molecule has 420 valence electrons. The predicted octanol–water partition coefficient (Wildman–Crippen LogP) is 13.2. The first-order valence-corrected chi connectivity index (χ1v) is 30.9. The summed E-state index contributed by atoms with van der Waals surface area (Å²) in [6, 6.07) is 20.9. The molecule has 2 aromatic heterocycles. The Labute approximate surface area is 475 Å². The first-order valence-electron chi connectivity index (χ1n) is 29.2. The Balaban J connectivity index is 0.817. The summed E-state index contributed by atoms with van der Waals surface area (Å²) in [6.07, 6.45) is 12.7. The number of aliphatic hydroxyl groups excluding tert-OH is 1. The largest absolute Gasteiger partial charge is 0.460 e. The number of fused-ring (bicyclic) bond motifs is 5. The number of halogens is 1. The zero-order valence-electron chi connectivity index (χ0n) is 47.3. The van der Waals surface area contributed by atoms with Crippen LogP contribution >= 0.6 is 27.3 Å². The topological polar surface area (TPSA) is 153 Å². The lowest BCUT2D eigenvalue weighted by Crippen LogP contribution is -2.38. The van der Waals surface area contributed by atoms with Crippen LogP contribution in [0.1, 0.15) is 184 Å². The number of aliphatic hydroxyl groups is 1. The van der Waals surface area contributed by atoms with Gasteiger partial charge in [0.25, 0.3) is 5.56 Å². The van der Waals surface area contributed by atoms with Gasteiger partial charge in [-0.1, -0.05) is 88.9 Å². The van der Waals surface area contributed by atoms with Crippen LogP contribution in [0.5, 0.6) is 0 Å². The molecule has 1 unspecified atom stereocenters. The van der Waals surface area contributed by atoms with Crippen molar-refractivity contribution in [1.82, 2.24) is 24.8 Å². The van der Waals surface area contributed by atoms with Gasteiger partial charge < -0.3 is 24.8 Å². The Morgan fingerprint density at radius 1 is 0.910 bits per heavy atom. The molecule has 4 heterocycles. The summed E-state index contributed by atoms with van der Waals surface area (Å²) in [5.41, 5.74) is 8.61. The van der Waals surface area contributed by atoms with E-state index < -0.39 is 23.7 Å². The van der Waals surface area contributed by atoms with Crippen LogP contribution < -0.4 is 10.9 Å². The number of carbonyl (C=O) groups excluding carboxylic acids is 3. The number of thiazole rings is 1. The number of Topliss-reactive ketones (excluding diaryl/α,β-unsaturated/α-hetero) is 1. The minimum Gasteiger partial charge on any atom is -0.460 e. The maximum absolute atomic E-state index is 14.3. The van der Waals surface area contributed by atoms with Crippen LogP contribution in [0.2, 0.25) is 0 Å². The van der Waals surface area contributed by atoms with E-state index >= 15 is 0 Å². The van der Waals surface area contributed by atoms with E-state index in [4.69, 9.17) is 14.5 Å². The molecule has 14 heteroatoms. The Morgan fingerprint density at radius 2 is 1.64 bits per heavy atom. The first kappa shape index (κ1) is 58.1. The molecule has 2 N–H and O–H groups in total. The molecule has 9 rings (SSSR count). The Morgan fingerprint density at radius 3 is 2.35 bits per heavy atom. The van der Waals surface area contributed by atoms with Gasteiger partial charge in [-0.2, -0.15) is 4.98 Å². The summed E-state index contributed by atoms with van der Waals surface area (Å²) in [4.78, 5) is 67.5. The van der Waals surface area contributed by atoms with E-state index in [0.29, 0.717) is 56.6 Å². The van der Waals surface area contributed by atoms with Crippen molar-refractivity contribution in [3.63, 3.8) is 0 Å². The average Bonchev–Trinajstić information content (AvgIpc) is 4.19. The van der Waals surface area contributed by atoms with Crippen molar-refractivity contribution in [3.05, 3.63) is 109 Å². The summed E-state index contributed by atoms with van der Waals surface area (Å²) in [7, 11) is 0. The third kappa shape index (κ3) is 14.3. The maximum Gasteiger partial charge on any atom is 0.306 e. The molecule has 0 spiro atoms. The summed E-state index contributed by atoms with van der Waals surface area (Å²) >= 11 is 5.27. The number of hydrogen-bond donors (Lipinski definition) is 2. The number of rotatable bonds is 19. The molecule has 2 aliphatic carbocycles. The zero-order chi connectivity index (χ0) is 55.3. The predicted molar refractivity (Wildman–Crippen MR) is 314 cm³/mol. The molecule has 5 aromatic rings. The van der Waals surface area contributed by atoms with Gasteiger partial charge in [-0.05, 0) is 185 Å². The van der Waals surface area contributed by atoms with Crippen molar-refractivity contribution in [2.24, 2.45) is 29.1 Å². The second-order valence-electron chi connectivity index (χ2n) is 25.3. The average molecular weight is 1150 g/mol. The number of amides is 1. The van der Waals surface area contributed by atoms with E-state index in [-0.39, 0.29) is 59.2 Å². The maximum atomic E-state index is 14.3. The van der Waals surface area contributed by atoms with Crippen LogP contribution in [0.15, 0.2) is 75.4 Å². The highest BCUT2D eigenvalue weighted by atomic mass is 79.9. The third-order valence-corrected chi connectivity index (χ3v) is 19.1. The van der Waals surface area contributed by atoms with E-state index in [1.165, 1.54) is 43.2 Å². The second-order valence-corrected chi connectivity index (χ2v) is 27.0. The van der Waals surface area contributed by atoms with Crippen molar-refractivity contribution in [1.29, 1.82) is 0 Å². The van der Waals surface area contributed by atoms with Crippen molar-refractivity contribution < 1.29 is 29.0 Å². The lowest BCUT2D eigenvalue weighted by molar-refractivity contribution is -0.155. The quantitative estimate of drug-likeness (QED) is 0.0464. The molecule has 1 saturated heterocycles. The Kier molecular flexibility index (Phi) is 19.0. The molecule has 3 aromatic carbocycles. The molecule has 2 saturated carbocycles. The van der Waals surface area contributed by atoms with Crippen LogP contribution in [0.4, 0.5) is 0 Å². The van der Waals surface area contributed by atoms with E-state index in [1.807, 2.05) is 45.3 Å². The van der Waals surface area contributed by atoms with Gasteiger partial charge in [-0.3, -0.25) is 23.7 Å². The Hall–Kier alpha value is -4.60.